The molecule has 0 bridgehead atoms. The number of carbonyl (C=O) groups excluding carboxylic acids is 1. The molecule has 144 valence electrons. The largest absolute Gasteiger partial charge is 0.357 e. The number of rotatable bonds is 5. The third-order valence-electron chi connectivity index (χ3n) is 4.73. The fourth-order valence-corrected chi connectivity index (χ4v) is 3.22. The molecular weight excluding hydrogens is 356 g/mol. The van der Waals surface area contributed by atoms with E-state index in [1.54, 1.807) is 18.6 Å². The molecule has 8 heteroatoms. The van der Waals surface area contributed by atoms with Crippen LogP contribution in [0.1, 0.15) is 41.9 Å². The van der Waals surface area contributed by atoms with Crippen molar-refractivity contribution in [3.8, 4) is 11.4 Å². The summed E-state index contributed by atoms with van der Waals surface area (Å²) in [5.41, 5.74) is 1.68. The minimum Gasteiger partial charge on any atom is -0.357 e. The molecule has 0 unspecified atom stereocenters. The number of hydrogen-bond acceptors (Lipinski definition) is 7. The molecule has 0 aromatic carbocycles. The van der Waals surface area contributed by atoms with E-state index in [1.807, 2.05) is 24.3 Å². The molecule has 1 aliphatic heterocycles. The van der Waals surface area contributed by atoms with Crippen LogP contribution in [0.4, 0.5) is 5.82 Å². The second kappa shape index (κ2) is 8.60. The Bertz CT molecular complexity index is 919. The second-order valence-corrected chi connectivity index (χ2v) is 6.77. The molecule has 4 heterocycles. The van der Waals surface area contributed by atoms with Crippen LogP contribution in [0.25, 0.3) is 11.4 Å². The Hall–Kier alpha value is -3.29. The SMILES string of the molecule is O=C(NCc1cccnc1)c1nc(-c2ccnc(N3CCCCCC3)c2)no1. The number of amides is 1. The predicted octanol–water partition coefficient (Wildman–Crippen LogP) is 2.84. The van der Waals surface area contributed by atoms with Crippen LogP contribution < -0.4 is 10.2 Å². The molecule has 0 radical (unpaired) electrons. The standard InChI is InChI=1S/C20H22N6O2/c27-19(23-14-15-6-5-8-21-13-15)20-24-18(25-28-20)16-7-9-22-17(12-16)26-10-3-1-2-4-11-26/h5-9,12-13H,1-4,10-11,14H2,(H,23,27). The van der Waals surface area contributed by atoms with Crippen LogP contribution in [0.15, 0.2) is 47.4 Å². The minimum atomic E-state index is -0.413. The zero-order chi connectivity index (χ0) is 19.2. The van der Waals surface area contributed by atoms with Crippen LogP contribution in [0.3, 0.4) is 0 Å². The number of nitrogens with one attached hydrogen (secondary N) is 1. The van der Waals surface area contributed by atoms with Gasteiger partial charge in [-0.15, -0.1) is 0 Å². The molecule has 1 saturated heterocycles. The van der Waals surface area contributed by atoms with Crippen LogP contribution in [0, 0.1) is 0 Å². The van der Waals surface area contributed by atoms with Crippen molar-refractivity contribution in [1.82, 2.24) is 25.4 Å². The molecule has 28 heavy (non-hydrogen) atoms. The van der Waals surface area contributed by atoms with Crippen LogP contribution in [-0.4, -0.2) is 39.1 Å². The summed E-state index contributed by atoms with van der Waals surface area (Å²) < 4.78 is 5.15. The van der Waals surface area contributed by atoms with Crippen molar-refractivity contribution in [3.63, 3.8) is 0 Å². The van der Waals surface area contributed by atoms with Gasteiger partial charge in [-0.2, -0.15) is 4.98 Å². The van der Waals surface area contributed by atoms with Gasteiger partial charge in [-0.3, -0.25) is 9.78 Å². The van der Waals surface area contributed by atoms with Crippen LogP contribution in [0.5, 0.6) is 0 Å². The van der Waals surface area contributed by atoms with Crippen molar-refractivity contribution in [1.29, 1.82) is 0 Å². The Labute approximate surface area is 163 Å². The van der Waals surface area contributed by atoms with Crippen molar-refractivity contribution in [2.24, 2.45) is 0 Å². The van der Waals surface area contributed by atoms with Gasteiger partial charge in [-0.05, 0) is 36.6 Å². The van der Waals surface area contributed by atoms with Gasteiger partial charge in [0.15, 0.2) is 0 Å². The number of aromatic nitrogens is 4. The van der Waals surface area contributed by atoms with Gasteiger partial charge < -0.3 is 14.7 Å². The van der Waals surface area contributed by atoms with Gasteiger partial charge in [-0.25, -0.2) is 4.98 Å². The van der Waals surface area contributed by atoms with E-state index in [4.69, 9.17) is 4.52 Å². The number of pyridine rings is 2. The fourth-order valence-electron chi connectivity index (χ4n) is 3.22. The monoisotopic (exact) mass is 378 g/mol. The average Bonchev–Trinajstić information content (AvgIpc) is 3.09. The Kier molecular flexibility index (Phi) is 5.56. The van der Waals surface area contributed by atoms with Crippen molar-refractivity contribution >= 4 is 11.7 Å². The first-order valence-corrected chi connectivity index (χ1v) is 9.52. The topological polar surface area (TPSA) is 97.0 Å². The Balaban J connectivity index is 1.45. The Morgan fingerprint density at radius 2 is 2.00 bits per heavy atom. The summed E-state index contributed by atoms with van der Waals surface area (Å²) in [6.45, 7) is 2.36. The summed E-state index contributed by atoms with van der Waals surface area (Å²) in [6.07, 6.45) is 10.0. The van der Waals surface area contributed by atoms with Crippen LogP contribution in [0.2, 0.25) is 0 Å². The van der Waals surface area contributed by atoms with Gasteiger partial charge in [0.1, 0.15) is 5.82 Å². The molecular formula is C20H22N6O2. The fraction of sp³-hybridized carbons (Fsp3) is 0.350. The molecule has 0 saturated carbocycles. The lowest BCUT2D eigenvalue weighted by molar-refractivity contribution is 0.0907. The minimum absolute atomic E-state index is 0.0629. The zero-order valence-electron chi connectivity index (χ0n) is 15.5. The average molecular weight is 378 g/mol. The number of hydrogen-bond donors (Lipinski definition) is 1. The van der Waals surface area contributed by atoms with E-state index in [2.05, 4.69) is 30.3 Å². The smallest absolute Gasteiger partial charge is 0.316 e. The third kappa shape index (κ3) is 4.33. The molecule has 0 aliphatic carbocycles. The predicted molar refractivity (Wildman–Crippen MR) is 104 cm³/mol. The van der Waals surface area contributed by atoms with Crippen LogP contribution >= 0.6 is 0 Å². The number of nitrogens with zero attached hydrogens (tertiary/aromatic N) is 5. The highest BCUT2D eigenvalue weighted by atomic mass is 16.5. The van der Waals surface area contributed by atoms with E-state index >= 15 is 0 Å². The summed E-state index contributed by atoms with van der Waals surface area (Å²) in [4.78, 5) is 27.3. The number of anilines is 1. The summed E-state index contributed by atoms with van der Waals surface area (Å²) >= 11 is 0. The van der Waals surface area contributed by atoms with E-state index in [0.29, 0.717) is 12.4 Å². The van der Waals surface area contributed by atoms with Crippen LogP contribution in [-0.2, 0) is 6.54 Å². The van der Waals surface area contributed by atoms with E-state index in [1.165, 1.54) is 25.7 Å². The first-order valence-electron chi connectivity index (χ1n) is 9.52. The molecule has 1 fully saturated rings. The van der Waals surface area contributed by atoms with Crippen molar-refractivity contribution < 1.29 is 9.32 Å². The Morgan fingerprint density at radius 3 is 2.79 bits per heavy atom. The molecule has 1 aliphatic rings. The highest BCUT2D eigenvalue weighted by Gasteiger charge is 2.17. The van der Waals surface area contributed by atoms with Crippen molar-refractivity contribution in [3.05, 3.63) is 54.3 Å². The molecule has 3 aromatic heterocycles. The summed E-state index contributed by atoms with van der Waals surface area (Å²) in [5.74, 6) is 0.813. The molecule has 0 spiro atoms. The molecule has 1 amide bonds. The van der Waals surface area contributed by atoms with Crippen molar-refractivity contribution in [2.45, 2.75) is 32.2 Å². The van der Waals surface area contributed by atoms with Crippen molar-refractivity contribution in [2.75, 3.05) is 18.0 Å². The Morgan fingerprint density at radius 1 is 1.14 bits per heavy atom. The van der Waals surface area contributed by atoms with E-state index < -0.39 is 5.91 Å². The van der Waals surface area contributed by atoms with E-state index in [-0.39, 0.29) is 5.89 Å². The van der Waals surface area contributed by atoms with Gasteiger partial charge in [-0.1, -0.05) is 24.1 Å². The lowest BCUT2D eigenvalue weighted by Crippen LogP contribution is -2.24. The normalized spacial score (nSPS) is 14.5. The first kappa shape index (κ1) is 18.1. The highest BCUT2D eigenvalue weighted by molar-refractivity contribution is 5.89. The molecule has 4 rings (SSSR count). The van der Waals surface area contributed by atoms with Gasteiger partial charge >= 0.3 is 11.8 Å². The van der Waals surface area contributed by atoms with E-state index in [0.717, 1.165) is 30.0 Å². The molecule has 3 aromatic rings. The number of carbonyl (C=O) groups is 1. The lowest BCUT2D eigenvalue weighted by atomic mass is 10.2. The lowest BCUT2D eigenvalue weighted by Gasteiger charge is -2.21. The van der Waals surface area contributed by atoms with Gasteiger partial charge in [0.05, 0.1) is 0 Å². The van der Waals surface area contributed by atoms with Gasteiger partial charge in [0.2, 0.25) is 5.82 Å². The quantitative estimate of drug-likeness (QED) is 0.729. The second-order valence-electron chi connectivity index (χ2n) is 6.77. The zero-order valence-corrected chi connectivity index (χ0v) is 15.5. The summed E-state index contributed by atoms with van der Waals surface area (Å²) in [5, 5.41) is 6.72. The highest BCUT2D eigenvalue weighted by Crippen LogP contribution is 2.23. The molecule has 1 N–H and O–H groups in total. The maximum Gasteiger partial charge on any atom is 0.316 e. The maximum absolute atomic E-state index is 12.3. The third-order valence-corrected chi connectivity index (χ3v) is 4.73. The summed E-state index contributed by atoms with van der Waals surface area (Å²) in [7, 11) is 0. The molecule has 0 atom stereocenters. The first-order chi connectivity index (χ1) is 13.8. The molecule has 8 nitrogen and oxygen atoms in total. The van der Waals surface area contributed by atoms with E-state index in [9.17, 15) is 4.79 Å². The van der Waals surface area contributed by atoms with Gasteiger partial charge in [0.25, 0.3) is 0 Å². The maximum atomic E-state index is 12.3. The summed E-state index contributed by atoms with van der Waals surface area (Å²) in [6, 6.07) is 7.47. The van der Waals surface area contributed by atoms with Gasteiger partial charge in [0, 0.05) is 43.8 Å².